The van der Waals surface area contributed by atoms with E-state index < -0.39 is 0 Å². The number of hydrogen-bond donors (Lipinski definition) is 1. The molecule has 1 aliphatic rings. The largest absolute Gasteiger partial charge is 0.496 e. The van der Waals surface area contributed by atoms with Gasteiger partial charge in [-0.15, -0.1) is 0 Å². The van der Waals surface area contributed by atoms with Crippen LogP contribution in [0, 0.1) is 6.92 Å². The molecular weight excluding hydrogens is 262 g/mol. The molecule has 21 heavy (non-hydrogen) atoms. The molecule has 3 rings (SSSR count). The Labute approximate surface area is 125 Å². The standard InChI is InChI=1S/C18H21NO2/c1-13-6-5-8-15-16(10-11-21-18(13)15)19-12-14-7-3-4-9-17(14)20-2/h3-9,16,19H,10-12H2,1-2H3. The zero-order valence-electron chi connectivity index (χ0n) is 12.6. The Kier molecular flexibility index (Phi) is 4.11. The van der Waals surface area contributed by atoms with Crippen LogP contribution in [0.4, 0.5) is 0 Å². The van der Waals surface area contributed by atoms with E-state index in [1.807, 2.05) is 18.2 Å². The van der Waals surface area contributed by atoms with E-state index in [-0.39, 0.29) is 0 Å². The van der Waals surface area contributed by atoms with Crippen LogP contribution in [0.15, 0.2) is 42.5 Å². The molecular formula is C18H21NO2. The van der Waals surface area contributed by atoms with E-state index in [9.17, 15) is 0 Å². The predicted octanol–water partition coefficient (Wildman–Crippen LogP) is 3.62. The summed E-state index contributed by atoms with van der Waals surface area (Å²) in [5, 5.41) is 3.64. The lowest BCUT2D eigenvalue weighted by Crippen LogP contribution is -2.27. The molecule has 3 heteroatoms. The van der Waals surface area contributed by atoms with Crippen LogP contribution in [-0.2, 0) is 6.54 Å². The number of ether oxygens (including phenoxy) is 2. The Morgan fingerprint density at radius 2 is 2.05 bits per heavy atom. The van der Waals surface area contributed by atoms with Gasteiger partial charge in [0.2, 0.25) is 0 Å². The van der Waals surface area contributed by atoms with Gasteiger partial charge in [0, 0.05) is 30.1 Å². The van der Waals surface area contributed by atoms with Crippen LogP contribution in [-0.4, -0.2) is 13.7 Å². The molecule has 2 aromatic carbocycles. The Morgan fingerprint density at radius 1 is 1.19 bits per heavy atom. The molecule has 0 aliphatic carbocycles. The summed E-state index contributed by atoms with van der Waals surface area (Å²) in [7, 11) is 1.71. The van der Waals surface area contributed by atoms with Gasteiger partial charge in [-0.2, -0.15) is 0 Å². The predicted molar refractivity (Wildman–Crippen MR) is 83.9 cm³/mol. The number of para-hydroxylation sites is 2. The molecule has 1 atom stereocenters. The SMILES string of the molecule is COc1ccccc1CNC1CCOc2c(C)cccc21. The highest BCUT2D eigenvalue weighted by Crippen LogP contribution is 2.34. The zero-order chi connectivity index (χ0) is 14.7. The molecule has 1 heterocycles. The van der Waals surface area contributed by atoms with Gasteiger partial charge in [0.25, 0.3) is 0 Å². The van der Waals surface area contributed by atoms with Crippen LogP contribution in [0.3, 0.4) is 0 Å². The van der Waals surface area contributed by atoms with Crippen LogP contribution in [0.5, 0.6) is 11.5 Å². The number of fused-ring (bicyclic) bond motifs is 1. The number of nitrogens with one attached hydrogen (secondary N) is 1. The van der Waals surface area contributed by atoms with Gasteiger partial charge >= 0.3 is 0 Å². The maximum absolute atomic E-state index is 5.82. The van der Waals surface area contributed by atoms with Gasteiger partial charge in [0.05, 0.1) is 13.7 Å². The fourth-order valence-corrected chi connectivity index (χ4v) is 2.88. The molecule has 0 radical (unpaired) electrons. The van der Waals surface area contributed by atoms with Crippen LogP contribution in [0.2, 0.25) is 0 Å². The Bertz CT molecular complexity index is 624. The van der Waals surface area contributed by atoms with Crippen molar-refractivity contribution < 1.29 is 9.47 Å². The van der Waals surface area contributed by atoms with Gasteiger partial charge in [-0.25, -0.2) is 0 Å². The molecule has 0 fully saturated rings. The van der Waals surface area contributed by atoms with Gasteiger partial charge < -0.3 is 14.8 Å². The number of hydrogen-bond acceptors (Lipinski definition) is 3. The van der Waals surface area contributed by atoms with Crippen molar-refractivity contribution in [3.63, 3.8) is 0 Å². The van der Waals surface area contributed by atoms with Crippen molar-refractivity contribution in [2.24, 2.45) is 0 Å². The third-order valence-corrected chi connectivity index (χ3v) is 4.00. The molecule has 2 aromatic rings. The highest BCUT2D eigenvalue weighted by molar-refractivity contribution is 5.44. The lowest BCUT2D eigenvalue weighted by Gasteiger charge is -2.28. The summed E-state index contributed by atoms with van der Waals surface area (Å²) in [5.74, 6) is 1.97. The molecule has 0 saturated carbocycles. The van der Waals surface area contributed by atoms with E-state index in [0.717, 1.165) is 31.1 Å². The lowest BCUT2D eigenvalue weighted by atomic mass is 9.97. The molecule has 1 N–H and O–H groups in total. The van der Waals surface area contributed by atoms with Crippen molar-refractivity contribution in [2.75, 3.05) is 13.7 Å². The zero-order valence-corrected chi connectivity index (χ0v) is 12.6. The quantitative estimate of drug-likeness (QED) is 0.929. The van der Waals surface area contributed by atoms with Crippen LogP contribution >= 0.6 is 0 Å². The number of rotatable bonds is 4. The first-order valence-electron chi connectivity index (χ1n) is 7.37. The van der Waals surface area contributed by atoms with Crippen LogP contribution < -0.4 is 14.8 Å². The first-order valence-corrected chi connectivity index (χ1v) is 7.37. The van der Waals surface area contributed by atoms with Gasteiger partial charge in [-0.1, -0.05) is 36.4 Å². The second-order valence-corrected chi connectivity index (χ2v) is 5.38. The normalized spacial score (nSPS) is 17.0. The maximum Gasteiger partial charge on any atom is 0.126 e. The molecule has 1 unspecified atom stereocenters. The number of benzene rings is 2. The van der Waals surface area contributed by atoms with E-state index in [1.165, 1.54) is 16.7 Å². The fraction of sp³-hybridized carbons (Fsp3) is 0.333. The van der Waals surface area contributed by atoms with Crippen molar-refractivity contribution >= 4 is 0 Å². The smallest absolute Gasteiger partial charge is 0.126 e. The molecule has 0 bridgehead atoms. The highest BCUT2D eigenvalue weighted by atomic mass is 16.5. The summed E-state index contributed by atoms with van der Waals surface area (Å²) in [5.41, 5.74) is 3.65. The van der Waals surface area contributed by atoms with E-state index in [4.69, 9.17) is 9.47 Å². The first-order chi connectivity index (χ1) is 10.3. The van der Waals surface area contributed by atoms with Crippen LogP contribution in [0.25, 0.3) is 0 Å². The molecule has 0 aromatic heterocycles. The second kappa shape index (κ2) is 6.19. The van der Waals surface area contributed by atoms with Gasteiger partial charge in [-0.05, 0) is 18.6 Å². The summed E-state index contributed by atoms with van der Waals surface area (Å²) in [4.78, 5) is 0. The number of aryl methyl sites for hydroxylation is 1. The summed E-state index contributed by atoms with van der Waals surface area (Å²) < 4.78 is 11.2. The molecule has 0 spiro atoms. The molecule has 0 saturated heterocycles. The molecule has 3 nitrogen and oxygen atoms in total. The monoisotopic (exact) mass is 283 g/mol. The molecule has 1 aliphatic heterocycles. The number of methoxy groups -OCH3 is 1. The van der Waals surface area contributed by atoms with E-state index in [1.54, 1.807) is 7.11 Å². The van der Waals surface area contributed by atoms with E-state index >= 15 is 0 Å². The van der Waals surface area contributed by atoms with Crippen molar-refractivity contribution in [3.8, 4) is 11.5 Å². The van der Waals surface area contributed by atoms with E-state index in [0.29, 0.717) is 6.04 Å². The summed E-state index contributed by atoms with van der Waals surface area (Å²) in [6.07, 6.45) is 0.992. The van der Waals surface area contributed by atoms with Crippen molar-refractivity contribution in [3.05, 3.63) is 59.2 Å². The minimum atomic E-state index is 0.332. The molecule has 0 amide bonds. The Morgan fingerprint density at radius 3 is 2.90 bits per heavy atom. The average molecular weight is 283 g/mol. The van der Waals surface area contributed by atoms with Gasteiger partial charge in [0.1, 0.15) is 11.5 Å². The minimum absolute atomic E-state index is 0.332. The second-order valence-electron chi connectivity index (χ2n) is 5.38. The molecule has 110 valence electrons. The Balaban J connectivity index is 1.77. The fourth-order valence-electron chi connectivity index (χ4n) is 2.88. The summed E-state index contributed by atoms with van der Waals surface area (Å²) in [6.45, 7) is 3.66. The maximum atomic E-state index is 5.82. The highest BCUT2D eigenvalue weighted by Gasteiger charge is 2.22. The summed E-state index contributed by atoms with van der Waals surface area (Å²) >= 11 is 0. The topological polar surface area (TPSA) is 30.5 Å². The van der Waals surface area contributed by atoms with Gasteiger partial charge in [-0.3, -0.25) is 0 Å². The lowest BCUT2D eigenvalue weighted by molar-refractivity contribution is 0.250. The van der Waals surface area contributed by atoms with Crippen molar-refractivity contribution in [1.29, 1.82) is 0 Å². The average Bonchev–Trinajstić information content (AvgIpc) is 2.53. The van der Waals surface area contributed by atoms with Crippen LogP contribution in [0.1, 0.15) is 29.2 Å². The summed E-state index contributed by atoms with van der Waals surface area (Å²) in [6, 6.07) is 14.8. The van der Waals surface area contributed by atoms with Gasteiger partial charge in [0.15, 0.2) is 0 Å². The third kappa shape index (κ3) is 2.88. The first kappa shape index (κ1) is 14.0. The van der Waals surface area contributed by atoms with E-state index in [2.05, 4.69) is 36.5 Å². The van der Waals surface area contributed by atoms with Crippen molar-refractivity contribution in [2.45, 2.75) is 25.9 Å². The van der Waals surface area contributed by atoms with Crippen molar-refractivity contribution in [1.82, 2.24) is 5.32 Å². The third-order valence-electron chi connectivity index (χ3n) is 4.00. The Hall–Kier alpha value is -2.00. The minimum Gasteiger partial charge on any atom is -0.496 e.